The van der Waals surface area contributed by atoms with Crippen LogP contribution in [0, 0.1) is 0 Å². The van der Waals surface area contributed by atoms with Gasteiger partial charge in [0.2, 0.25) is 11.5 Å². The molecule has 1 atom stereocenters. The Morgan fingerprint density at radius 3 is 2.28 bits per heavy atom. The van der Waals surface area contributed by atoms with Crippen molar-refractivity contribution >= 4 is 22.8 Å². The van der Waals surface area contributed by atoms with E-state index in [0.717, 1.165) is 11.8 Å². The smallest absolute Gasteiger partial charge is 0.332 e. The molecule has 0 fully saturated rings. The maximum absolute atomic E-state index is 11.3. The maximum atomic E-state index is 11.3. The zero-order valence-corrected chi connectivity index (χ0v) is 17.0. The Hall–Kier alpha value is -2.21. The Morgan fingerprint density at radius 1 is 1.07 bits per heavy atom. The largest absolute Gasteiger partial charge is 0.504 e. The van der Waals surface area contributed by atoms with Gasteiger partial charge in [-0.25, -0.2) is 4.79 Å². The van der Waals surface area contributed by atoms with E-state index in [-0.39, 0.29) is 35.3 Å². The van der Waals surface area contributed by atoms with Gasteiger partial charge in [-0.3, -0.25) is 4.99 Å². The molecule has 0 saturated carbocycles. The molecule has 1 aromatic carbocycles. The fourth-order valence-electron chi connectivity index (χ4n) is 2.32. The van der Waals surface area contributed by atoms with Crippen LogP contribution in [0.5, 0.6) is 23.0 Å². The van der Waals surface area contributed by atoms with Gasteiger partial charge >= 0.3 is 5.97 Å². The normalized spacial score (nSPS) is 18.6. The number of carboxylic acid groups (broad SMARTS) is 1. The molecule has 1 unspecified atom stereocenters. The van der Waals surface area contributed by atoms with E-state index >= 15 is 0 Å². The summed E-state index contributed by atoms with van der Waals surface area (Å²) in [6, 6.07) is 1.30. The molecule has 29 heavy (non-hydrogen) atoms. The fraction of sp³-hybridized carbons (Fsp3) is 0.556. The minimum absolute atomic E-state index is 0.0712. The van der Waals surface area contributed by atoms with Crippen LogP contribution in [-0.4, -0.2) is 89.5 Å². The summed E-state index contributed by atoms with van der Waals surface area (Å²) in [5.74, 6) is -2.99. The summed E-state index contributed by atoms with van der Waals surface area (Å²) < 4.78 is 20.9. The van der Waals surface area contributed by atoms with Crippen LogP contribution in [0.4, 0.5) is 0 Å². The summed E-state index contributed by atoms with van der Waals surface area (Å²) in [4.78, 5) is 15.5. The minimum atomic E-state index is -1.33. The van der Waals surface area contributed by atoms with E-state index < -0.39 is 28.8 Å². The molecule has 1 aliphatic rings. The third kappa shape index (κ3) is 5.89. The number of aromatic hydroxyl groups is 3. The summed E-state index contributed by atoms with van der Waals surface area (Å²) in [6.07, 6.45) is 0. The van der Waals surface area contributed by atoms with Crippen molar-refractivity contribution in [2.45, 2.75) is 12.5 Å². The Morgan fingerprint density at radius 2 is 1.69 bits per heavy atom. The van der Waals surface area contributed by atoms with Crippen LogP contribution in [0.2, 0.25) is 0 Å². The van der Waals surface area contributed by atoms with Gasteiger partial charge in [0.25, 0.3) is 0 Å². The third-order valence-corrected chi connectivity index (χ3v) is 5.32. The van der Waals surface area contributed by atoms with Gasteiger partial charge in [0.1, 0.15) is 11.7 Å². The van der Waals surface area contributed by atoms with Crippen LogP contribution in [-0.2, 0) is 19.0 Å². The first kappa shape index (κ1) is 23.1. The van der Waals surface area contributed by atoms with Gasteiger partial charge in [-0.1, -0.05) is 0 Å². The lowest BCUT2D eigenvalue weighted by Gasteiger charge is -2.14. The SMILES string of the molecule is COCCOCCOCCOc1cc(C2=NC(C)(C(=O)O)CS2)c(O)c(O)c1O. The number of aliphatic carboxylic acids is 1. The summed E-state index contributed by atoms with van der Waals surface area (Å²) in [6.45, 7) is 3.47. The number of hydrogen-bond acceptors (Lipinski definition) is 10. The summed E-state index contributed by atoms with van der Waals surface area (Å²) >= 11 is 1.12. The highest BCUT2D eigenvalue weighted by atomic mass is 32.2. The number of phenols is 3. The average Bonchev–Trinajstić information content (AvgIpc) is 3.10. The van der Waals surface area contributed by atoms with E-state index in [0.29, 0.717) is 26.4 Å². The molecule has 0 aromatic heterocycles. The number of methoxy groups -OCH3 is 1. The number of carbonyl (C=O) groups is 1. The molecule has 4 N–H and O–H groups in total. The predicted octanol–water partition coefficient (Wildman–Crippen LogP) is 1.20. The van der Waals surface area contributed by atoms with Crippen LogP contribution >= 0.6 is 11.8 Å². The van der Waals surface area contributed by atoms with Crippen molar-refractivity contribution in [2.75, 3.05) is 52.5 Å². The number of thioether (sulfide) groups is 1. The summed E-state index contributed by atoms with van der Waals surface area (Å²) in [7, 11) is 1.59. The molecule has 1 aliphatic heterocycles. The topological polar surface area (TPSA) is 147 Å². The molecule has 162 valence electrons. The van der Waals surface area contributed by atoms with Gasteiger partial charge < -0.3 is 39.4 Å². The van der Waals surface area contributed by atoms with Crippen molar-refractivity contribution in [3.8, 4) is 23.0 Å². The second-order valence-corrected chi connectivity index (χ2v) is 7.28. The molecule has 1 aromatic rings. The van der Waals surface area contributed by atoms with Crippen molar-refractivity contribution < 1.29 is 44.2 Å². The number of hydrogen-bond donors (Lipinski definition) is 4. The summed E-state index contributed by atoms with van der Waals surface area (Å²) in [5.41, 5.74) is -1.25. The van der Waals surface area contributed by atoms with E-state index in [1.807, 2.05) is 0 Å². The molecule has 11 heteroatoms. The lowest BCUT2D eigenvalue weighted by Crippen LogP contribution is -2.33. The van der Waals surface area contributed by atoms with Crippen LogP contribution in [0.1, 0.15) is 12.5 Å². The molecule has 0 saturated heterocycles. The lowest BCUT2D eigenvalue weighted by molar-refractivity contribution is -0.141. The summed E-state index contributed by atoms with van der Waals surface area (Å²) in [5, 5.41) is 39.7. The van der Waals surface area contributed by atoms with E-state index in [9.17, 15) is 25.2 Å². The molecule has 0 amide bonds. The number of rotatable bonds is 12. The molecular weight excluding hydrogens is 406 g/mol. The minimum Gasteiger partial charge on any atom is -0.504 e. The fourth-order valence-corrected chi connectivity index (χ4v) is 3.50. The number of ether oxygens (including phenoxy) is 4. The quantitative estimate of drug-likeness (QED) is 0.281. The van der Waals surface area contributed by atoms with Gasteiger partial charge in [-0.2, -0.15) is 0 Å². The van der Waals surface area contributed by atoms with Gasteiger partial charge in [0.15, 0.2) is 17.0 Å². The molecule has 0 spiro atoms. The Kier molecular flexibility index (Phi) is 8.38. The molecular formula is C18H25NO9S. The number of nitrogens with zero attached hydrogens (tertiary/aromatic N) is 1. The van der Waals surface area contributed by atoms with Crippen LogP contribution in [0.3, 0.4) is 0 Å². The first-order valence-corrected chi connectivity index (χ1v) is 9.80. The van der Waals surface area contributed by atoms with Gasteiger partial charge in [0, 0.05) is 12.9 Å². The average molecular weight is 431 g/mol. The highest BCUT2D eigenvalue weighted by molar-refractivity contribution is 8.14. The van der Waals surface area contributed by atoms with Crippen LogP contribution in [0.25, 0.3) is 0 Å². The lowest BCUT2D eigenvalue weighted by atomic mass is 10.1. The van der Waals surface area contributed by atoms with E-state index in [1.165, 1.54) is 13.0 Å². The molecule has 0 bridgehead atoms. The highest BCUT2D eigenvalue weighted by Crippen LogP contribution is 2.47. The number of carboxylic acids is 1. The number of benzene rings is 1. The highest BCUT2D eigenvalue weighted by Gasteiger charge is 2.39. The van der Waals surface area contributed by atoms with Gasteiger partial charge in [0.05, 0.1) is 38.6 Å². The standard InChI is InChI=1S/C18H25NO9S/c1-18(17(23)24)10-29-16(19-18)11-9-12(14(21)15(22)13(11)20)28-8-7-27-6-5-26-4-3-25-2/h9,20-22H,3-8,10H2,1-2H3,(H,23,24). The van der Waals surface area contributed by atoms with Gasteiger partial charge in [-0.05, 0) is 13.0 Å². The Bertz CT molecular complexity index is 755. The third-order valence-electron chi connectivity index (χ3n) is 4.03. The number of aliphatic imine (C=N–C) groups is 1. The van der Waals surface area contributed by atoms with Gasteiger partial charge in [-0.15, -0.1) is 11.8 Å². The first-order chi connectivity index (χ1) is 13.8. The van der Waals surface area contributed by atoms with E-state index in [1.54, 1.807) is 7.11 Å². The van der Waals surface area contributed by atoms with Crippen molar-refractivity contribution in [2.24, 2.45) is 4.99 Å². The predicted molar refractivity (Wildman–Crippen MR) is 105 cm³/mol. The molecule has 2 rings (SSSR count). The van der Waals surface area contributed by atoms with Crippen molar-refractivity contribution in [1.82, 2.24) is 0 Å². The molecule has 10 nitrogen and oxygen atoms in total. The molecule has 0 radical (unpaired) electrons. The zero-order chi connectivity index (χ0) is 21.4. The van der Waals surface area contributed by atoms with E-state index in [4.69, 9.17) is 18.9 Å². The monoisotopic (exact) mass is 431 g/mol. The molecule has 1 heterocycles. The molecule has 0 aliphatic carbocycles. The zero-order valence-electron chi connectivity index (χ0n) is 16.2. The Labute approximate surface area is 172 Å². The van der Waals surface area contributed by atoms with Crippen LogP contribution in [0.15, 0.2) is 11.1 Å². The van der Waals surface area contributed by atoms with Crippen molar-refractivity contribution in [3.63, 3.8) is 0 Å². The van der Waals surface area contributed by atoms with E-state index in [2.05, 4.69) is 4.99 Å². The van der Waals surface area contributed by atoms with Crippen molar-refractivity contribution in [1.29, 1.82) is 0 Å². The second kappa shape index (κ2) is 10.5. The maximum Gasteiger partial charge on any atom is 0.332 e. The van der Waals surface area contributed by atoms with Crippen LogP contribution < -0.4 is 4.74 Å². The van der Waals surface area contributed by atoms with Crippen molar-refractivity contribution in [3.05, 3.63) is 11.6 Å². The number of phenolic OH excluding ortho intramolecular Hbond substituents is 3. The second-order valence-electron chi connectivity index (χ2n) is 6.32. The first-order valence-electron chi connectivity index (χ1n) is 8.81. The Balaban J connectivity index is 1.97.